The Morgan fingerprint density at radius 3 is 2.45 bits per heavy atom. The Balaban J connectivity index is 1.68. The number of piperidine rings is 1. The third-order valence-corrected chi connectivity index (χ3v) is 3.37. The molecule has 0 spiro atoms. The Morgan fingerprint density at radius 2 is 1.85 bits per heavy atom. The zero-order chi connectivity index (χ0) is 14.4. The first-order chi connectivity index (χ1) is 9.65. The normalized spacial score (nSPS) is 15.9. The molecule has 0 radical (unpaired) electrons. The van der Waals surface area contributed by atoms with E-state index in [-0.39, 0.29) is 18.5 Å². The molecule has 6 heteroatoms. The van der Waals surface area contributed by atoms with Gasteiger partial charge in [-0.2, -0.15) is 0 Å². The summed E-state index contributed by atoms with van der Waals surface area (Å²) in [7, 11) is 0. The summed E-state index contributed by atoms with van der Waals surface area (Å²) >= 11 is 0. The van der Waals surface area contributed by atoms with Crippen molar-refractivity contribution in [1.29, 1.82) is 0 Å². The molecule has 3 N–H and O–H groups in total. The summed E-state index contributed by atoms with van der Waals surface area (Å²) in [6.07, 6.45) is 0.612. The van der Waals surface area contributed by atoms with Crippen LogP contribution in [0, 0.1) is 0 Å². The molecule has 0 atom stereocenters. The lowest BCUT2D eigenvalue weighted by Gasteiger charge is -2.30. The second-order valence-electron chi connectivity index (χ2n) is 4.84. The highest BCUT2D eigenvalue weighted by Gasteiger charge is 2.22. The van der Waals surface area contributed by atoms with Crippen LogP contribution in [0.5, 0.6) is 0 Å². The Bertz CT molecular complexity index is 456. The number of likely N-dealkylation sites (tertiary alicyclic amines) is 1. The number of carbonyl (C=O) groups excluding carboxylic acids is 1. The molecule has 0 unspecified atom stereocenters. The first kappa shape index (κ1) is 14.3. The van der Waals surface area contributed by atoms with Gasteiger partial charge in [0.15, 0.2) is 0 Å². The molecule has 1 aromatic carbocycles. The summed E-state index contributed by atoms with van der Waals surface area (Å²) in [5.41, 5.74) is 0.778. The molecule has 108 valence electrons. The number of benzene rings is 1. The van der Waals surface area contributed by atoms with Crippen molar-refractivity contribution in [1.82, 2.24) is 10.2 Å². The Labute approximate surface area is 117 Å². The minimum Gasteiger partial charge on any atom is -0.465 e. The molecule has 1 fully saturated rings. The van der Waals surface area contributed by atoms with E-state index in [0.717, 1.165) is 18.5 Å². The number of anilines is 1. The van der Waals surface area contributed by atoms with Crippen LogP contribution in [0.2, 0.25) is 0 Å². The van der Waals surface area contributed by atoms with Crippen LogP contribution in [0.15, 0.2) is 30.3 Å². The van der Waals surface area contributed by atoms with Crippen molar-refractivity contribution < 1.29 is 14.7 Å². The zero-order valence-corrected chi connectivity index (χ0v) is 11.2. The van der Waals surface area contributed by atoms with Crippen LogP contribution in [0.1, 0.15) is 12.8 Å². The van der Waals surface area contributed by atoms with Crippen LogP contribution in [-0.4, -0.2) is 47.7 Å². The van der Waals surface area contributed by atoms with E-state index in [9.17, 15) is 9.59 Å². The first-order valence-electron chi connectivity index (χ1n) is 6.71. The minimum atomic E-state index is -0.870. The quantitative estimate of drug-likeness (QED) is 0.776. The van der Waals surface area contributed by atoms with Crippen molar-refractivity contribution in [3.63, 3.8) is 0 Å². The molecule has 0 bridgehead atoms. The number of nitrogens with zero attached hydrogens (tertiary/aromatic N) is 1. The summed E-state index contributed by atoms with van der Waals surface area (Å²) in [5.74, 6) is -0.0862. The maximum atomic E-state index is 11.7. The van der Waals surface area contributed by atoms with Crippen molar-refractivity contribution in [2.24, 2.45) is 0 Å². The maximum Gasteiger partial charge on any atom is 0.407 e. The van der Waals surface area contributed by atoms with E-state index in [4.69, 9.17) is 5.11 Å². The van der Waals surface area contributed by atoms with E-state index in [0.29, 0.717) is 13.1 Å². The van der Waals surface area contributed by atoms with Crippen LogP contribution in [0.3, 0.4) is 0 Å². The SMILES string of the molecule is O=C(CNC1CCN(C(=O)O)CC1)Nc1ccccc1. The molecule has 1 aliphatic heterocycles. The molecule has 2 rings (SSSR count). The molecular formula is C14H19N3O3. The number of nitrogens with one attached hydrogen (secondary N) is 2. The first-order valence-corrected chi connectivity index (χ1v) is 6.71. The zero-order valence-electron chi connectivity index (χ0n) is 11.2. The average molecular weight is 277 g/mol. The largest absolute Gasteiger partial charge is 0.465 e. The molecular weight excluding hydrogens is 258 g/mol. The standard InChI is InChI=1S/C14H19N3O3/c18-13(16-12-4-2-1-3-5-12)10-15-11-6-8-17(9-7-11)14(19)20/h1-5,11,15H,6-10H2,(H,16,18)(H,19,20). The summed E-state index contributed by atoms with van der Waals surface area (Å²) in [4.78, 5) is 23.9. The van der Waals surface area contributed by atoms with Crippen molar-refractivity contribution in [2.45, 2.75) is 18.9 Å². The van der Waals surface area contributed by atoms with Gasteiger partial charge in [0.2, 0.25) is 5.91 Å². The Hall–Kier alpha value is -2.08. The van der Waals surface area contributed by atoms with Gasteiger partial charge in [-0.15, -0.1) is 0 Å². The Kier molecular flexibility index (Phi) is 4.95. The predicted octanol–water partition coefficient (Wildman–Crippen LogP) is 1.36. The fraction of sp³-hybridized carbons (Fsp3) is 0.429. The summed E-state index contributed by atoms with van der Waals surface area (Å²) in [6, 6.07) is 9.50. The van der Waals surface area contributed by atoms with Crippen LogP contribution < -0.4 is 10.6 Å². The molecule has 1 aliphatic rings. The van der Waals surface area contributed by atoms with Crippen molar-refractivity contribution in [3.05, 3.63) is 30.3 Å². The van der Waals surface area contributed by atoms with E-state index in [2.05, 4.69) is 10.6 Å². The Morgan fingerprint density at radius 1 is 1.20 bits per heavy atom. The average Bonchev–Trinajstić information content (AvgIpc) is 2.46. The lowest BCUT2D eigenvalue weighted by atomic mass is 10.1. The van der Waals surface area contributed by atoms with Gasteiger partial charge in [0.1, 0.15) is 0 Å². The van der Waals surface area contributed by atoms with Gasteiger partial charge in [0.05, 0.1) is 6.54 Å². The van der Waals surface area contributed by atoms with Gasteiger partial charge in [0, 0.05) is 24.8 Å². The van der Waals surface area contributed by atoms with Gasteiger partial charge in [0.25, 0.3) is 0 Å². The predicted molar refractivity (Wildman–Crippen MR) is 75.7 cm³/mol. The number of rotatable bonds is 4. The topological polar surface area (TPSA) is 81.7 Å². The summed E-state index contributed by atoms with van der Waals surface area (Å²) in [5, 5.41) is 14.8. The van der Waals surface area contributed by atoms with Gasteiger partial charge < -0.3 is 20.6 Å². The van der Waals surface area contributed by atoms with Crippen LogP contribution in [0.25, 0.3) is 0 Å². The molecule has 0 aliphatic carbocycles. The maximum absolute atomic E-state index is 11.7. The molecule has 2 amide bonds. The highest BCUT2D eigenvalue weighted by molar-refractivity contribution is 5.92. The minimum absolute atomic E-state index is 0.0862. The second-order valence-corrected chi connectivity index (χ2v) is 4.84. The molecule has 1 aromatic rings. The molecule has 1 saturated heterocycles. The highest BCUT2D eigenvalue weighted by atomic mass is 16.4. The van der Waals surface area contributed by atoms with Crippen LogP contribution >= 0.6 is 0 Å². The smallest absolute Gasteiger partial charge is 0.407 e. The number of para-hydroxylation sites is 1. The fourth-order valence-corrected chi connectivity index (χ4v) is 2.24. The number of amides is 2. The number of carbonyl (C=O) groups is 2. The lowest BCUT2D eigenvalue weighted by molar-refractivity contribution is -0.115. The molecule has 1 heterocycles. The molecule has 0 aromatic heterocycles. The van der Waals surface area contributed by atoms with E-state index >= 15 is 0 Å². The summed E-state index contributed by atoms with van der Waals surface area (Å²) < 4.78 is 0. The van der Waals surface area contributed by atoms with Gasteiger partial charge in [-0.3, -0.25) is 4.79 Å². The molecule has 0 saturated carbocycles. The van der Waals surface area contributed by atoms with Crippen molar-refractivity contribution in [2.75, 3.05) is 25.0 Å². The van der Waals surface area contributed by atoms with Gasteiger partial charge in [-0.05, 0) is 25.0 Å². The van der Waals surface area contributed by atoms with Gasteiger partial charge in [-0.1, -0.05) is 18.2 Å². The second kappa shape index (κ2) is 6.91. The third kappa shape index (κ3) is 4.24. The fourth-order valence-electron chi connectivity index (χ4n) is 2.24. The van der Waals surface area contributed by atoms with E-state index in [1.165, 1.54) is 4.90 Å². The lowest BCUT2D eigenvalue weighted by Crippen LogP contribution is -2.46. The van der Waals surface area contributed by atoms with Crippen LogP contribution in [0.4, 0.5) is 10.5 Å². The van der Waals surface area contributed by atoms with Crippen LogP contribution in [-0.2, 0) is 4.79 Å². The summed E-state index contributed by atoms with van der Waals surface area (Å²) in [6.45, 7) is 1.28. The number of hydrogen-bond donors (Lipinski definition) is 3. The van der Waals surface area contributed by atoms with E-state index in [1.54, 1.807) is 0 Å². The number of hydrogen-bond acceptors (Lipinski definition) is 3. The highest BCUT2D eigenvalue weighted by Crippen LogP contribution is 2.10. The third-order valence-electron chi connectivity index (χ3n) is 3.37. The van der Waals surface area contributed by atoms with Gasteiger partial charge in [-0.25, -0.2) is 4.79 Å². The molecule has 6 nitrogen and oxygen atoms in total. The monoisotopic (exact) mass is 277 g/mol. The molecule has 20 heavy (non-hydrogen) atoms. The van der Waals surface area contributed by atoms with Gasteiger partial charge >= 0.3 is 6.09 Å². The van der Waals surface area contributed by atoms with Crippen molar-refractivity contribution in [3.8, 4) is 0 Å². The number of carboxylic acid groups (broad SMARTS) is 1. The van der Waals surface area contributed by atoms with Crippen molar-refractivity contribution >= 4 is 17.7 Å². The van der Waals surface area contributed by atoms with E-state index < -0.39 is 6.09 Å². The van der Waals surface area contributed by atoms with E-state index in [1.807, 2.05) is 30.3 Å².